The summed E-state index contributed by atoms with van der Waals surface area (Å²) in [6.45, 7) is 0.209. The van der Waals surface area contributed by atoms with Crippen LogP contribution in [0.2, 0.25) is 5.02 Å². The Morgan fingerprint density at radius 1 is 0.875 bits per heavy atom. The predicted molar refractivity (Wildman–Crippen MR) is 126 cm³/mol. The van der Waals surface area contributed by atoms with Crippen LogP contribution in [0.3, 0.4) is 0 Å². The Labute approximate surface area is 190 Å². The summed E-state index contributed by atoms with van der Waals surface area (Å²) >= 11 is 6.31. The molecule has 0 aliphatic carbocycles. The molecular formula is C27H20ClNO3. The van der Waals surface area contributed by atoms with Gasteiger partial charge in [0.25, 0.3) is 5.91 Å². The third kappa shape index (κ3) is 3.29. The quantitative estimate of drug-likeness (QED) is 0.416. The first-order chi connectivity index (χ1) is 15.5. The second kappa shape index (κ2) is 7.90. The van der Waals surface area contributed by atoms with Gasteiger partial charge in [-0.2, -0.15) is 0 Å². The molecule has 0 bridgehead atoms. The minimum absolute atomic E-state index is 0.209. The number of halogens is 1. The molecule has 0 aromatic heterocycles. The third-order valence-corrected chi connectivity index (χ3v) is 6.40. The van der Waals surface area contributed by atoms with Crippen LogP contribution in [0.1, 0.15) is 27.9 Å². The number of hydrogen-bond acceptors (Lipinski definition) is 3. The smallest absolute Gasteiger partial charge is 0.264 e. The van der Waals surface area contributed by atoms with E-state index in [4.69, 9.17) is 11.6 Å². The number of carbonyl (C=O) groups is 2. The van der Waals surface area contributed by atoms with Gasteiger partial charge in [0, 0.05) is 16.1 Å². The Hall–Kier alpha value is -3.47. The summed E-state index contributed by atoms with van der Waals surface area (Å²) in [7, 11) is 0. The maximum Gasteiger partial charge on any atom is 0.264 e. The van der Waals surface area contributed by atoms with Crippen LogP contribution in [0.25, 0.3) is 10.8 Å². The number of carbonyl (C=O) groups excluding carboxylic acids is 2. The topological polar surface area (TPSA) is 57.6 Å². The molecule has 0 unspecified atom stereocenters. The fourth-order valence-corrected chi connectivity index (χ4v) is 4.62. The lowest BCUT2D eigenvalue weighted by atomic mass is 9.87. The molecule has 1 amide bonds. The summed E-state index contributed by atoms with van der Waals surface area (Å²) in [6, 6.07) is 27.4. The Bertz CT molecular complexity index is 1360. The van der Waals surface area contributed by atoms with Crippen molar-refractivity contribution >= 4 is 39.8 Å². The van der Waals surface area contributed by atoms with Crippen molar-refractivity contribution in [3.8, 4) is 0 Å². The normalized spacial score (nSPS) is 17.6. The molecule has 1 heterocycles. The number of fused-ring (bicyclic) bond motifs is 2. The minimum Gasteiger partial charge on any atom is -0.375 e. The molecule has 0 radical (unpaired) electrons. The minimum atomic E-state index is -1.94. The number of Topliss-reactive ketones (excluding diaryl/α,β-unsaturated/α-hetero) is 1. The van der Waals surface area contributed by atoms with Crippen LogP contribution >= 0.6 is 11.6 Å². The summed E-state index contributed by atoms with van der Waals surface area (Å²) in [6.07, 6.45) is -0.337. The van der Waals surface area contributed by atoms with Gasteiger partial charge in [-0.1, -0.05) is 90.5 Å². The first-order valence-corrected chi connectivity index (χ1v) is 10.7. The standard InChI is InChI=1S/C27H20ClNO3/c28-23-14-5-2-9-19(23)17-29-24-15-6-4-13-22(24)27(32,26(29)31)16-25(30)21-12-7-10-18-8-1-3-11-20(18)21/h1-15,32H,16-17H2/t27-/m1/s1. The summed E-state index contributed by atoms with van der Waals surface area (Å²) in [4.78, 5) is 28.4. The number of benzene rings is 4. The van der Waals surface area contributed by atoms with Crippen molar-refractivity contribution in [1.29, 1.82) is 0 Å². The van der Waals surface area contributed by atoms with Gasteiger partial charge in [0.1, 0.15) is 0 Å². The molecule has 1 aliphatic heterocycles. The number of hydrogen-bond donors (Lipinski definition) is 1. The van der Waals surface area contributed by atoms with Gasteiger partial charge >= 0.3 is 0 Å². The van der Waals surface area contributed by atoms with E-state index < -0.39 is 11.5 Å². The highest BCUT2D eigenvalue weighted by atomic mass is 35.5. The van der Waals surface area contributed by atoms with Crippen molar-refractivity contribution in [2.45, 2.75) is 18.6 Å². The van der Waals surface area contributed by atoms with Gasteiger partial charge in [0.05, 0.1) is 18.7 Å². The molecule has 32 heavy (non-hydrogen) atoms. The van der Waals surface area contributed by atoms with Gasteiger partial charge in [-0.15, -0.1) is 0 Å². The van der Waals surface area contributed by atoms with Gasteiger partial charge in [-0.05, 0) is 28.5 Å². The Morgan fingerprint density at radius 3 is 2.41 bits per heavy atom. The maximum atomic E-state index is 13.5. The molecule has 0 fully saturated rings. The monoisotopic (exact) mass is 441 g/mol. The predicted octanol–water partition coefficient (Wildman–Crippen LogP) is 5.50. The van der Waals surface area contributed by atoms with Crippen molar-refractivity contribution < 1.29 is 14.7 Å². The SMILES string of the molecule is O=C(C[C@]1(O)C(=O)N(Cc2ccccc2Cl)c2ccccc21)c1cccc2ccccc12. The largest absolute Gasteiger partial charge is 0.375 e. The number of ketones is 1. The number of para-hydroxylation sites is 1. The van der Waals surface area contributed by atoms with Crippen LogP contribution in [0.15, 0.2) is 91.0 Å². The highest BCUT2D eigenvalue weighted by Crippen LogP contribution is 2.44. The molecule has 158 valence electrons. The summed E-state index contributed by atoms with van der Waals surface area (Å²) in [5, 5.41) is 13.9. The molecule has 4 aromatic rings. The third-order valence-electron chi connectivity index (χ3n) is 6.03. The second-order valence-corrected chi connectivity index (χ2v) is 8.39. The van der Waals surface area contributed by atoms with Crippen molar-refractivity contribution in [1.82, 2.24) is 0 Å². The molecule has 5 rings (SSSR count). The number of aliphatic hydroxyl groups is 1. The van der Waals surface area contributed by atoms with Crippen LogP contribution in [0.4, 0.5) is 5.69 Å². The Morgan fingerprint density at radius 2 is 1.56 bits per heavy atom. The molecule has 1 atom stereocenters. The lowest BCUT2D eigenvalue weighted by Crippen LogP contribution is -2.41. The lowest BCUT2D eigenvalue weighted by Gasteiger charge is -2.23. The molecule has 0 spiro atoms. The molecule has 0 saturated carbocycles. The zero-order chi connectivity index (χ0) is 22.3. The molecule has 5 heteroatoms. The van der Waals surface area contributed by atoms with Crippen LogP contribution in [-0.4, -0.2) is 16.8 Å². The maximum absolute atomic E-state index is 13.5. The Balaban J connectivity index is 1.53. The van der Waals surface area contributed by atoms with E-state index in [1.807, 2.05) is 60.7 Å². The molecular weight excluding hydrogens is 422 g/mol. The molecule has 0 saturated heterocycles. The number of anilines is 1. The van der Waals surface area contributed by atoms with E-state index in [9.17, 15) is 14.7 Å². The van der Waals surface area contributed by atoms with Crippen LogP contribution < -0.4 is 4.90 Å². The summed E-state index contributed by atoms with van der Waals surface area (Å²) < 4.78 is 0. The average molecular weight is 442 g/mol. The summed E-state index contributed by atoms with van der Waals surface area (Å²) in [5.41, 5.74) is 0.343. The van der Waals surface area contributed by atoms with E-state index in [2.05, 4.69) is 0 Å². The van der Waals surface area contributed by atoms with E-state index in [-0.39, 0.29) is 18.7 Å². The lowest BCUT2D eigenvalue weighted by molar-refractivity contribution is -0.136. The zero-order valence-electron chi connectivity index (χ0n) is 17.2. The van der Waals surface area contributed by atoms with E-state index in [0.717, 1.165) is 16.3 Å². The highest BCUT2D eigenvalue weighted by molar-refractivity contribution is 6.31. The Kier molecular flexibility index (Phi) is 5.04. The number of nitrogens with zero attached hydrogens (tertiary/aromatic N) is 1. The van der Waals surface area contributed by atoms with Gasteiger partial charge < -0.3 is 10.0 Å². The van der Waals surface area contributed by atoms with Crippen molar-refractivity contribution in [2.24, 2.45) is 0 Å². The average Bonchev–Trinajstić information content (AvgIpc) is 3.02. The van der Waals surface area contributed by atoms with Crippen molar-refractivity contribution in [3.63, 3.8) is 0 Å². The van der Waals surface area contributed by atoms with E-state index in [1.165, 1.54) is 4.90 Å². The van der Waals surface area contributed by atoms with Gasteiger partial charge in [-0.25, -0.2) is 0 Å². The van der Waals surface area contributed by atoms with E-state index in [0.29, 0.717) is 21.8 Å². The van der Waals surface area contributed by atoms with Crippen LogP contribution in [0, 0.1) is 0 Å². The molecule has 1 aliphatic rings. The first-order valence-electron chi connectivity index (χ1n) is 10.4. The van der Waals surface area contributed by atoms with Gasteiger partial charge in [-0.3, -0.25) is 9.59 Å². The highest BCUT2D eigenvalue weighted by Gasteiger charge is 2.50. The number of rotatable bonds is 5. The zero-order valence-corrected chi connectivity index (χ0v) is 17.9. The first kappa shape index (κ1) is 20.4. The molecule has 4 nitrogen and oxygen atoms in total. The van der Waals surface area contributed by atoms with Crippen LogP contribution in [0.5, 0.6) is 0 Å². The fourth-order valence-electron chi connectivity index (χ4n) is 4.43. The van der Waals surface area contributed by atoms with Crippen molar-refractivity contribution in [2.75, 3.05) is 4.90 Å². The van der Waals surface area contributed by atoms with E-state index in [1.54, 1.807) is 30.3 Å². The van der Waals surface area contributed by atoms with Crippen LogP contribution in [-0.2, 0) is 16.9 Å². The summed E-state index contributed by atoms with van der Waals surface area (Å²) in [5.74, 6) is -0.806. The van der Waals surface area contributed by atoms with Gasteiger partial charge in [0.15, 0.2) is 11.4 Å². The van der Waals surface area contributed by atoms with Crippen molar-refractivity contribution in [3.05, 3.63) is 113 Å². The second-order valence-electron chi connectivity index (χ2n) is 7.99. The molecule has 4 aromatic carbocycles. The van der Waals surface area contributed by atoms with E-state index >= 15 is 0 Å². The van der Waals surface area contributed by atoms with Gasteiger partial charge in [0.2, 0.25) is 0 Å². The fraction of sp³-hybridized carbons (Fsp3) is 0.111. The molecule has 1 N–H and O–H groups in total. The number of amides is 1.